The molecule has 3 heterocycles. The molecule has 4 rings (SSSR count). The van der Waals surface area contributed by atoms with Crippen LogP contribution in [0.2, 0.25) is 0 Å². The second-order valence-electron chi connectivity index (χ2n) is 10.0. The highest BCUT2D eigenvalue weighted by molar-refractivity contribution is 6.01. The molecule has 37 heavy (non-hydrogen) atoms. The molecule has 3 aromatic rings. The maximum atomic E-state index is 13.8. The summed E-state index contributed by atoms with van der Waals surface area (Å²) in [4.78, 5) is 30.0. The van der Waals surface area contributed by atoms with E-state index in [0.29, 0.717) is 42.6 Å². The summed E-state index contributed by atoms with van der Waals surface area (Å²) < 4.78 is 17.0. The summed E-state index contributed by atoms with van der Waals surface area (Å²) in [7, 11) is 0. The van der Waals surface area contributed by atoms with Gasteiger partial charge in [0.25, 0.3) is 5.91 Å². The molecule has 2 aromatic heterocycles. The molecule has 2 amide bonds. The van der Waals surface area contributed by atoms with Gasteiger partial charge in [-0.15, -0.1) is 10.2 Å². The highest BCUT2D eigenvalue weighted by Crippen LogP contribution is 2.35. The van der Waals surface area contributed by atoms with Crippen molar-refractivity contribution in [2.45, 2.75) is 72.0 Å². The van der Waals surface area contributed by atoms with E-state index in [9.17, 15) is 9.59 Å². The van der Waals surface area contributed by atoms with Crippen LogP contribution in [0.15, 0.2) is 34.7 Å². The van der Waals surface area contributed by atoms with Crippen molar-refractivity contribution in [2.75, 3.05) is 18.1 Å². The Morgan fingerprint density at radius 2 is 1.89 bits per heavy atom. The number of rotatable bonds is 9. The summed E-state index contributed by atoms with van der Waals surface area (Å²) in [5.74, 6) is 1.99. The van der Waals surface area contributed by atoms with E-state index in [4.69, 9.17) is 13.9 Å². The quantitative estimate of drug-likeness (QED) is 0.464. The van der Waals surface area contributed by atoms with Gasteiger partial charge in [-0.1, -0.05) is 19.8 Å². The average molecular weight is 511 g/mol. The molecule has 198 valence electrons. The van der Waals surface area contributed by atoms with E-state index in [1.807, 2.05) is 34.6 Å². The summed E-state index contributed by atoms with van der Waals surface area (Å²) in [6, 6.07) is 8.06. The van der Waals surface area contributed by atoms with Crippen LogP contribution in [0.5, 0.6) is 11.5 Å². The van der Waals surface area contributed by atoms with E-state index in [1.54, 1.807) is 30.3 Å². The summed E-state index contributed by atoms with van der Waals surface area (Å²) in [6.45, 7) is 10.3. The predicted molar refractivity (Wildman–Crippen MR) is 136 cm³/mol. The smallest absolute Gasteiger partial charge is 0.251 e. The van der Waals surface area contributed by atoms with E-state index in [1.165, 1.54) is 9.70 Å². The Balaban J connectivity index is 1.67. The topological polar surface area (TPSA) is 125 Å². The van der Waals surface area contributed by atoms with Gasteiger partial charge in [-0.05, 0) is 63.6 Å². The van der Waals surface area contributed by atoms with Gasteiger partial charge in [0.05, 0.1) is 0 Å². The van der Waals surface area contributed by atoms with Crippen LogP contribution in [0.25, 0.3) is 11.6 Å². The Labute approximate surface area is 216 Å². The first-order valence-electron chi connectivity index (χ1n) is 12.5. The van der Waals surface area contributed by atoms with Crippen LogP contribution < -0.4 is 19.7 Å². The van der Waals surface area contributed by atoms with Gasteiger partial charge in [0.1, 0.15) is 31.6 Å². The van der Waals surface area contributed by atoms with Crippen molar-refractivity contribution >= 4 is 17.5 Å². The Morgan fingerprint density at radius 1 is 1.14 bits per heavy atom. The third kappa shape index (κ3) is 6.46. The number of carbonyl (C=O) groups is 2. The summed E-state index contributed by atoms with van der Waals surface area (Å²) >= 11 is 0. The molecule has 0 fully saturated rings. The van der Waals surface area contributed by atoms with Crippen LogP contribution in [0.3, 0.4) is 0 Å². The molecular weight excluding hydrogens is 476 g/mol. The van der Waals surface area contributed by atoms with E-state index in [2.05, 4.69) is 20.7 Å². The molecule has 1 aromatic carbocycles. The third-order valence-corrected chi connectivity index (χ3v) is 5.71. The van der Waals surface area contributed by atoms with Gasteiger partial charge < -0.3 is 19.2 Å². The fourth-order valence-corrected chi connectivity index (χ4v) is 4.07. The summed E-state index contributed by atoms with van der Waals surface area (Å²) in [6.07, 6.45) is 2.12. The van der Waals surface area contributed by atoms with Gasteiger partial charge in [-0.25, -0.2) is 0 Å². The number of anilines is 1. The first-order chi connectivity index (χ1) is 17.6. The zero-order valence-corrected chi connectivity index (χ0v) is 22.0. The van der Waals surface area contributed by atoms with Crippen molar-refractivity contribution in [2.24, 2.45) is 0 Å². The highest BCUT2D eigenvalue weighted by atomic mass is 16.6. The lowest BCUT2D eigenvalue weighted by Crippen LogP contribution is -2.54. The van der Waals surface area contributed by atoms with Crippen molar-refractivity contribution in [3.63, 3.8) is 0 Å². The van der Waals surface area contributed by atoms with E-state index >= 15 is 0 Å². The number of furan rings is 1. The van der Waals surface area contributed by atoms with Crippen LogP contribution in [-0.2, 0) is 16.1 Å². The summed E-state index contributed by atoms with van der Waals surface area (Å²) in [5, 5.41) is 15.4. The molecule has 1 aliphatic rings. The normalized spacial score (nSPS) is 13.8. The lowest BCUT2D eigenvalue weighted by Gasteiger charge is -2.34. The van der Waals surface area contributed by atoms with Crippen molar-refractivity contribution in [1.82, 2.24) is 25.5 Å². The SMILES string of the molecule is CCCCC(C(=O)NC(C)(C)C)N(C(=O)Cn1nnc(-c2ccc(C)o2)n1)c1ccc2c(c1)OCCO2. The minimum Gasteiger partial charge on any atom is -0.486 e. The molecular formula is C26H34N6O5. The molecule has 0 saturated carbocycles. The van der Waals surface area contributed by atoms with Crippen LogP contribution in [0.1, 0.15) is 52.7 Å². The molecule has 0 spiro atoms. The minimum atomic E-state index is -0.745. The first-order valence-corrected chi connectivity index (χ1v) is 12.5. The lowest BCUT2D eigenvalue weighted by atomic mass is 10.0. The number of benzene rings is 1. The number of amides is 2. The van der Waals surface area contributed by atoms with Crippen LogP contribution in [0.4, 0.5) is 5.69 Å². The maximum absolute atomic E-state index is 13.8. The standard InChI is InChI=1S/C26H34N6O5/c1-6-7-8-19(25(34)27-26(3,4)5)32(18-10-12-20-22(15-18)36-14-13-35-20)23(33)16-31-29-24(28-30-31)21-11-9-17(2)37-21/h9-12,15,19H,6-8,13-14,16H2,1-5H3,(H,27,34). The van der Waals surface area contributed by atoms with Gasteiger partial charge in [-0.3, -0.25) is 14.5 Å². The monoisotopic (exact) mass is 510 g/mol. The Kier molecular flexibility index (Phi) is 7.80. The van der Waals surface area contributed by atoms with Crippen LogP contribution >= 0.6 is 0 Å². The van der Waals surface area contributed by atoms with Crippen LogP contribution in [-0.4, -0.2) is 56.8 Å². The number of aromatic nitrogens is 4. The van der Waals surface area contributed by atoms with Crippen molar-refractivity contribution in [3.8, 4) is 23.1 Å². The number of unbranched alkanes of at least 4 members (excludes halogenated alkanes) is 1. The predicted octanol–water partition coefficient (Wildman–Crippen LogP) is 3.52. The number of nitrogens with zero attached hydrogens (tertiary/aromatic N) is 5. The molecule has 11 nitrogen and oxygen atoms in total. The van der Waals surface area contributed by atoms with E-state index < -0.39 is 11.6 Å². The number of hydrogen-bond donors (Lipinski definition) is 1. The van der Waals surface area contributed by atoms with Gasteiger partial charge in [-0.2, -0.15) is 4.80 Å². The molecule has 0 aliphatic carbocycles. The Morgan fingerprint density at radius 3 is 2.57 bits per heavy atom. The highest BCUT2D eigenvalue weighted by Gasteiger charge is 2.34. The zero-order chi connectivity index (χ0) is 26.6. The number of nitrogens with one attached hydrogen (secondary N) is 1. The number of carbonyl (C=O) groups excluding carboxylic acids is 2. The van der Waals surface area contributed by atoms with Gasteiger partial charge >= 0.3 is 0 Å². The fraction of sp³-hybridized carbons (Fsp3) is 0.500. The molecule has 0 saturated heterocycles. The van der Waals surface area contributed by atoms with Crippen molar-refractivity contribution in [1.29, 1.82) is 0 Å². The number of aryl methyl sites for hydroxylation is 1. The lowest BCUT2D eigenvalue weighted by molar-refractivity contribution is -0.128. The maximum Gasteiger partial charge on any atom is 0.251 e. The van der Waals surface area contributed by atoms with E-state index in [0.717, 1.165) is 18.6 Å². The van der Waals surface area contributed by atoms with Gasteiger partial charge in [0.15, 0.2) is 17.3 Å². The van der Waals surface area contributed by atoms with Crippen LogP contribution in [0, 0.1) is 6.92 Å². The number of ether oxygens (including phenoxy) is 2. The Hall–Kier alpha value is -3.89. The second-order valence-corrected chi connectivity index (χ2v) is 10.0. The third-order valence-electron chi connectivity index (χ3n) is 5.71. The summed E-state index contributed by atoms with van der Waals surface area (Å²) in [5.41, 5.74) is 0.0634. The molecule has 1 aliphatic heterocycles. The zero-order valence-electron chi connectivity index (χ0n) is 22.0. The van der Waals surface area contributed by atoms with Gasteiger partial charge in [0, 0.05) is 17.3 Å². The second kappa shape index (κ2) is 11.0. The largest absolute Gasteiger partial charge is 0.486 e. The number of hydrogen-bond acceptors (Lipinski definition) is 8. The Bertz CT molecular complexity index is 1240. The molecule has 11 heteroatoms. The minimum absolute atomic E-state index is 0.216. The average Bonchev–Trinajstić information content (AvgIpc) is 3.49. The first kappa shape index (κ1) is 26.2. The van der Waals surface area contributed by atoms with Crippen molar-refractivity contribution < 1.29 is 23.5 Å². The molecule has 0 radical (unpaired) electrons. The van der Waals surface area contributed by atoms with E-state index in [-0.39, 0.29) is 24.2 Å². The number of tetrazole rings is 1. The van der Waals surface area contributed by atoms with Gasteiger partial charge in [0.2, 0.25) is 11.7 Å². The van der Waals surface area contributed by atoms with Crippen molar-refractivity contribution in [3.05, 3.63) is 36.1 Å². The number of fused-ring (bicyclic) bond motifs is 1. The molecule has 1 unspecified atom stereocenters. The fourth-order valence-electron chi connectivity index (χ4n) is 4.07. The molecule has 1 N–H and O–H groups in total. The molecule has 1 atom stereocenters. The molecule has 0 bridgehead atoms.